The maximum absolute atomic E-state index is 6.74. The maximum Gasteiger partial charge on any atom is 0.494 e. The minimum Gasteiger partial charge on any atom is -0.475 e. The van der Waals surface area contributed by atoms with Gasteiger partial charge in [-0.1, -0.05) is 45.2 Å². The van der Waals surface area contributed by atoms with Gasteiger partial charge in [-0.25, -0.2) is 9.67 Å². The van der Waals surface area contributed by atoms with Crippen LogP contribution in [0.1, 0.15) is 99.6 Å². The normalized spacial score (nSPS) is 23.7. The van der Waals surface area contributed by atoms with Crippen LogP contribution in [0.15, 0.2) is 36.5 Å². The lowest BCUT2D eigenvalue weighted by Crippen LogP contribution is -2.44. The molecular formula is C32H46BN3O4. The first-order valence-corrected chi connectivity index (χ1v) is 15.2. The molecule has 0 N–H and O–H groups in total. The molecule has 2 aliphatic heterocycles. The summed E-state index contributed by atoms with van der Waals surface area (Å²) in [5, 5.41) is 6.17. The Labute approximate surface area is 240 Å². The van der Waals surface area contributed by atoms with Crippen LogP contribution < -0.4 is 10.2 Å². The third-order valence-electron chi connectivity index (χ3n) is 8.89. The van der Waals surface area contributed by atoms with E-state index in [1.165, 1.54) is 12.8 Å². The highest BCUT2D eigenvalue weighted by molar-refractivity contribution is 6.62. The second-order valence-electron chi connectivity index (χ2n) is 12.7. The molecule has 216 valence electrons. The summed E-state index contributed by atoms with van der Waals surface area (Å²) in [5.74, 6) is 1.33. The Hall–Kier alpha value is -2.42. The second kappa shape index (κ2) is 11.8. The average molecular weight is 548 g/mol. The van der Waals surface area contributed by atoms with Crippen molar-refractivity contribution in [3.8, 4) is 17.1 Å². The summed E-state index contributed by atoms with van der Waals surface area (Å²) in [6.45, 7) is 15.9. The molecule has 5 rings (SSSR count). The lowest BCUT2D eigenvalue weighted by Gasteiger charge is -2.36. The van der Waals surface area contributed by atoms with E-state index in [2.05, 4.69) is 62.5 Å². The fraction of sp³-hybridized carbons (Fsp3) is 0.625. The van der Waals surface area contributed by atoms with Gasteiger partial charge in [-0.15, -0.1) is 0 Å². The van der Waals surface area contributed by atoms with Gasteiger partial charge in [0.1, 0.15) is 5.69 Å². The number of benzene rings is 1. The Kier molecular flexibility index (Phi) is 8.60. The number of hydrogen-bond donors (Lipinski definition) is 0. The first-order chi connectivity index (χ1) is 19.1. The third-order valence-corrected chi connectivity index (χ3v) is 8.89. The zero-order valence-corrected chi connectivity index (χ0v) is 25.4. The smallest absolute Gasteiger partial charge is 0.475 e. The monoisotopic (exact) mass is 547 g/mol. The highest BCUT2D eigenvalue weighted by Crippen LogP contribution is 2.41. The van der Waals surface area contributed by atoms with E-state index in [1.54, 1.807) is 6.20 Å². The number of rotatable bonds is 10. The average Bonchev–Trinajstić information content (AvgIpc) is 3.42. The van der Waals surface area contributed by atoms with Gasteiger partial charge in [0.15, 0.2) is 6.23 Å². The van der Waals surface area contributed by atoms with Crippen molar-refractivity contribution in [2.45, 2.75) is 117 Å². The Balaban J connectivity index is 1.50. The summed E-state index contributed by atoms with van der Waals surface area (Å²) >= 11 is 0. The van der Waals surface area contributed by atoms with Crippen molar-refractivity contribution in [2.75, 3.05) is 6.61 Å². The summed E-state index contributed by atoms with van der Waals surface area (Å²) < 4.78 is 27.5. The van der Waals surface area contributed by atoms with Gasteiger partial charge in [0.25, 0.3) is 0 Å². The van der Waals surface area contributed by atoms with Gasteiger partial charge in [0.2, 0.25) is 5.88 Å². The first kappa shape index (κ1) is 29.1. The Morgan fingerprint density at radius 1 is 1.10 bits per heavy atom. The Bertz CT molecular complexity index is 1300. The summed E-state index contributed by atoms with van der Waals surface area (Å²) in [5.41, 5.74) is 3.13. The van der Waals surface area contributed by atoms with E-state index in [9.17, 15) is 0 Å². The number of ether oxygens (including phenoxy) is 2. The molecule has 3 aromatic rings. The molecule has 8 heteroatoms. The highest BCUT2D eigenvalue weighted by atomic mass is 16.7. The Morgan fingerprint density at radius 2 is 1.93 bits per heavy atom. The van der Waals surface area contributed by atoms with Crippen molar-refractivity contribution in [1.82, 2.24) is 14.8 Å². The third kappa shape index (κ3) is 5.95. The summed E-state index contributed by atoms with van der Waals surface area (Å²) in [7, 11) is -0.438. The lowest BCUT2D eigenvalue weighted by atomic mass is 9.78. The van der Waals surface area contributed by atoms with Crippen molar-refractivity contribution < 1.29 is 18.8 Å². The summed E-state index contributed by atoms with van der Waals surface area (Å²) in [6.07, 6.45) is 9.46. The number of hydrogen-bond acceptors (Lipinski definition) is 6. The molecule has 2 aromatic heterocycles. The minimum absolute atomic E-state index is 0.0406. The second-order valence-corrected chi connectivity index (χ2v) is 12.7. The lowest BCUT2D eigenvalue weighted by molar-refractivity contribution is -0.0365. The van der Waals surface area contributed by atoms with Gasteiger partial charge in [-0.05, 0) is 83.8 Å². The number of fused-ring (bicyclic) bond motifs is 1. The molecule has 0 amide bonds. The van der Waals surface area contributed by atoms with Crippen LogP contribution in [-0.4, -0.2) is 45.8 Å². The fourth-order valence-corrected chi connectivity index (χ4v) is 5.80. The molecular weight excluding hydrogens is 501 g/mol. The van der Waals surface area contributed by atoms with Gasteiger partial charge in [-0.3, -0.25) is 0 Å². The van der Waals surface area contributed by atoms with Crippen LogP contribution in [0.4, 0.5) is 0 Å². The molecule has 7 nitrogen and oxygen atoms in total. The van der Waals surface area contributed by atoms with Crippen molar-refractivity contribution >= 4 is 23.5 Å². The number of pyridine rings is 1. The SMILES string of the molecule is CCC(C)CCCC1(C)OB(c2ccc3c(c2)c(-c2ccnc(OC(C)C)c2)nn3C2CCCCO2)OC1(C)C. The molecule has 0 bridgehead atoms. The minimum atomic E-state index is -0.438. The quantitative estimate of drug-likeness (QED) is 0.253. The molecule has 0 spiro atoms. The van der Waals surface area contributed by atoms with Gasteiger partial charge < -0.3 is 18.8 Å². The van der Waals surface area contributed by atoms with Crippen LogP contribution in [0, 0.1) is 5.92 Å². The summed E-state index contributed by atoms with van der Waals surface area (Å²) in [6, 6.07) is 10.4. The van der Waals surface area contributed by atoms with E-state index in [0.717, 1.165) is 72.3 Å². The molecule has 1 aromatic carbocycles. The molecule has 3 unspecified atom stereocenters. The zero-order chi connectivity index (χ0) is 28.5. The molecule has 2 saturated heterocycles. The molecule has 2 aliphatic rings. The van der Waals surface area contributed by atoms with Crippen LogP contribution in [0.25, 0.3) is 22.2 Å². The highest BCUT2D eigenvalue weighted by Gasteiger charge is 2.54. The fourth-order valence-electron chi connectivity index (χ4n) is 5.80. The van der Waals surface area contributed by atoms with Crippen molar-refractivity contribution in [2.24, 2.45) is 5.92 Å². The molecule has 4 heterocycles. The predicted octanol–water partition coefficient (Wildman–Crippen LogP) is 7.08. The van der Waals surface area contributed by atoms with Crippen molar-refractivity contribution in [3.05, 3.63) is 36.5 Å². The van der Waals surface area contributed by atoms with E-state index in [1.807, 2.05) is 26.0 Å². The van der Waals surface area contributed by atoms with Crippen LogP contribution in [0.3, 0.4) is 0 Å². The van der Waals surface area contributed by atoms with E-state index in [-0.39, 0.29) is 17.9 Å². The molecule has 40 heavy (non-hydrogen) atoms. The standard InChI is InChI=1S/C32H46BN3O4/c1-8-23(4)12-11-17-32(7)31(5,6)39-33(40-32)25-14-15-27-26(21-25)30(35-36(27)29-13-9-10-19-37-29)24-16-18-34-28(20-24)38-22(2)3/h14-16,18,20-23,29H,8-13,17,19H2,1-7H3. The molecule has 0 radical (unpaired) electrons. The van der Waals surface area contributed by atoms with E-state index in [4.69, 9.17) is 23.9 Å². The molecule has 2 fully saturated rings. The van der Waals surface area contributed by atoms with Crippen LogP contribution in [0.2, 0.25) is 0 Å². The van der Waals surface area contributed by atoms with Gasteiger partial charge in [0, 0.05) is 29.8 Å². The first-order valence-electron chi connectivity index (χ1n) is 15.2. The van der Waals surface area contributed by atoms with Crippen LogP contribution in [-0.2, 0) is 14.0 Å². The van der Waals surface area contributed by atoms with E-state index < -0.39 is 12.7 Å². The van der Waals surface area contributed by atoms with E-state index in [0.29, 0.717) is 5.88 Å². The predicted molar refractivity (Wildman–Crippen MR) is 161 cm³/mol. The molecule has 3 atom stereocenters. The topological polar surface area (TPSA) is 67.6 Å². The Morgan fingerprint density at radius 3 is 2.65 bits per heavy atom. The van der Waals surface area contributed by atoms with Gasteiger partial charge in [0.05, 0.1) is 22.8 Å². The summed E-state index contributed by atoms with van der Waals surface area (Å²) in [4.78, 5) is 4.41. The number of nitrogens with zero attached hydrogens (tertiary/aromatic N) is 3. The van der Waals surface area contributed by atoms with Gasteiger partial charge in [-0.2, -0.15) is 5.10 Å². The zero-order valence-electron chi connectivity index (χ0n) is 25.4. The largest absolute Gasteiger partial charge is 0.494 e. The van der Waals surface area contributed by atoms with Crippen LogP contribution >= 0.6 is 0 Å². The maximum atomic E-state index is 6.74. The molecule has 0 aliphatic carbocycles. The van der Waals surface area contributed by atoms with E-state index >= 15 is 0 Å². The van der Waals surface area contributed by atoms with Crippen molar-refractivity contribution in [1.29, 1.82) is 0 Å². The van der Waals surface area contributed by atoms with Crippen molar-refractivity contribution in [3.63, 3.8) is 0 Å². The van der Waals surface area contributed by atoms with Crippen LogP contribution in [0.5, 0.6) is 5.88 Å². The number of aromatic nitrogens is 3. The van der Waals surface area contributed by atoms with Gasteiger partial charge >= 0.3 is 7.12 Å². The molecule has 0 saturated carbocycles.